The summed E-state index contributed by atoms with van der Waals surface area (Å²) in [6, 6.07) is 4.83. The van der Waals surface area contributed by atoms with Crippen molar-refractivity contribution in [3.63, 3.8) is 0 Å². The number of benzene rings is 1. The van der Waals surface area contributed by atoms with Crippen molar-refractivity contribution in [3.05, 3.63) is 52.2 Å². The number of rotatable bonds is 3. The van der Waals surface area contributed by atoms with E-state index >= 15 is 0 Å². The first-order valence-corrected chi connectivity index (χ1v) is 7.91. The van der Waals surface area contributed by atoms with Crippen molar-refractivity contribution < 1.29 is 9.59 Å². The second kappa shape index (κ2) is 6.79. The van der Waals surface area contributed by atoms with Crippen LogP contribution in [-0.4, -0.2) is 31.3 Å². The lowest BCUT2D eigenvalue weighted by atomic mass is 10.1. The molecule has 3 aromatic rings. The van der Waals surface area contributed by atoms with E-state index in [1.54, 1.807) is 13.1 Å². The number of carbonyl (C=O) groups is 2. The Kier molecular flexibility index (Phi) is 4.53. The SMILES string of the molecule is Cc1cccc(NC(=O)NC(=O)Cn2cnc3c(cnn3C)c2=O)c1C. The van der Waals surface area contributed by atoms with Gasteiger partial charge in [-0.05, 0) is 31.0 Å². The first kappa shape index (κ1) is 17.3. The molecule has 2 heterocycles. The summed E-state index contributed by atoms with van der Waals surface area (Å²) in [7, 11) is 1.67. The molecule has 0 radical (unpaired) electrons. The van der Waals surface area contributed by atoms with Gasteiger partial charge in [0.1, 0.15) is 18.3 Å². The molecule has 9 nitrogen and oxygen atoms in total. The molecule has 0 saturated carbocycles. The Labute approximate surface area is 148 Å². The maximum atomic E-state index is 12.3. The number of amides is 3. The summed E-state index contributed by atoms with van der Waals surface area (Å²) in [4.78, 5) is 40.5. The fourth-order valence-electron chi connectivity index (χ4n) is 2.54. The Morgan fingerprint density at radius 2 is 2.00 bits per heavy atom. The lowest BCUT2D eigenvalue weighted by molar-refractivity contribution is -0.120. The number of imide groups is 1. The van der Waals surface area contributed by atoms with Crippen LogP contribution < -0.4 is 16.2 Å². The number of hydrogen-bond donors (Lipinski definition) is 2. The maximum absolute atomic E-state index is 12.3. The van der Waals surface area contributed by atoms with Gasteiger partial charge in [0.25, 0.3) is 5.56 Å². The molecule has 0 bridgehead atoms. The number of fused-ring (bicyclic) bond motifs is 1. The molecule has 2 aromatic heterocycles. The molecular formula is C17H18N6O3. The first-order chi connectivity index (χ1) is 12.4. The number of urea groups is 1. The monoisotopic (exact) mass is 354 g/mol. The van der Waals surface area contributed by atoms with E-state index in [0.29, 0.717) is 16.7 Å². The van der Waals surface area contributed by atoms with Crippen molar-refractivity contribution in [3.8, 4) is 0 Å². The molecule has 2 N–H and O–H groups in total. The van der Waals surface area contributed by atoms with Crippen molar-refractivity contribution in [2.45, 2.75) is 20.4 Å². The van der Waals surface area contributed by atoms with Crippen LogP contribution in [0.3, 0.4) is 0 Å². The van der Waals surface area contributed by atoms with E-state index < -0.39 is 17.5 Å². The van der Waals surface area contributed by atoms with Crippen LogP contribution in [0.2, 0.25) is 0 Å². The van der Waals surface area contributed by atoms with Gasteiger partial charge in [0, 0.05) is 12.7 Å². The van der Waals surface area contributed by atoms with Gasteiger partial charge in [0.15, 0.2) is 5.65 Å². The quantitative estimate of drug-likeness (QED) is 0.731. The number of hydrogen-bond acceptors (Lipinski definition) is 5. The van der Waals surface area contributed by atoms with E-state index in [-0.39, 0.29) is 6.54 Å². The average molecular weight is 354 g/mol. The predicted octanol–water partition coefficient (Wildman–Crippen LogP) is 1.10. The highest BCUT2D eigenvalue weighted by Gasteiger charge is 2.13. The Morgan fingerprint density at radius 3 is 2.77 bits per heavy atom. The average Bonchev–Trinajstić information content (AvgIpc) is 2.96. The van der Waals surface area contributed by atoms with Gasteiger partial charge in [0.2, 0.25) is 5.91 Å². The van der Waals surface area contributed by atoms with Crippen molar-refractivity contribution in [1.29, 1.82) is 0 Å². The third kappa shape index (κ3) is 3.32. The minimum Gasteiger partial charge on any atom is -0.307 e. The molecule has 134 valence electrons. The first-order valence-electron chi connectivity index (χ1n) is 7.91. The van der Waals surface area contributed by atoms with E-state index in [2.05, 4.69) is 20.7 Å². The molecule has 1 aromatic carbocycles. The molecule has 0 aliphatic carbocycles. The Balaban J connectivity index is 1.69. The van der Waals surface area contributed by atoms with E-state index in [1.807, 2.05) is 26.0 Å². The number of aryl methyl sites for hydroxylation is 2. The molecule has 0 aliphatic heterocycles. The highest BCUT2D eigenvalue weighted by atomic mass is 16.2. The lowest BCUT2D eigenvalue weighted by Crippen LogP contribution is -2.38. The van der Waals surface area contributed by atoms with Crippen LogP contribution in [0, 0.1) is 13.8 Å². The number of nitrogens with zero attached hydrogens (tertiary/aromatic N) is 4. The summed E-state index contributed by atoms with van der Waals surface area (Å²) >= 11 is 0. The third-order valence-corrected chi connectivity index (χ3v) is 4.14. The zero-order valence-electron chi connectivity index (χ0n) is 14.6. The molecule has 0 atom stereocenters. The largest absolute Gasteiger partial charge is 0.325 e. The van der Waals surface area contributed by atoms with E-state index in [0.717, 1.165) is 15.7 Å². The Morgan fingerprint density at radius 1 is 1.23 bits per heavy atom. The number of nitrogens with one attached hydrogen (secondary N) is 2. The molecule has 3 rings (SSSR count). The van der Waals surface area contributed by atoms with Gasteiger partial charge in [-0.2, -0.15) is 5.10 Å². The third-order valence-electron chi connectivity index (χ3n) is 4.14. The van der Waals surface area contributed by atoms with Crippen LogP contribution in [-0.2, 0) is 18.4 Å². The molecule has 0 spiro atoms. The van der Waals surface area contributed by atoms with Crippen molar-refractivity contribution in [2.24, 2.45) is 7.05 Å². The van der Waals surface area contributed by atoms with Gasteiger partial charge in [-0.15, -0.1) is 0 Å². The molecule has 26 heavy (non-hydrogen) atoms. The van der Waals surface area contributed by atoms with Crippen LogP contribution in [0.4, 0.5) is 10.5 Å². The van der Waals surface area contributed by atoms with Gasteiger partial charge in [-0.1, -0.05) is 12.1 Å². The van der Waals surface area contributed by atoms with Gasteiger partial charge >= 0.3 is 6.03 Å². The molecule has 0 saturated heterocycles. The normalized spacial score (nSPS) is 10.7. The lowest BCUT2D eigenvalue weighted by Gasteiger charge is -2.11. The van der Waals surface area contributed by atoms with E-state index in [9.17, 15) is 14.4 Å². The summed E-state index contributed by atoms with van der Waals surface area (Å²) in [5.41, 5.74) is 2.59. The smallest absolute Gasteiger partial charge is 0.307 e. The topological polar surface area (TPSA) is 111 Å². The number of aromatic nitrogens is 4. The Bertz CT molecular complexity index is 1070. The fraction of sp³-hybridized carbons (Fsp3) is 0.235. The summed E-state index contributed by atoms with van der Waals surface area (Å²) in [5.74, 6) is -0.625. The van der Waals surface area contributed by atoms with Crippen LogP contribution in [0.5, 0.6) is 0 Å². The molecule has 0 aliphatic rings. The van der Waals surface area contributed by atoms with Crippen molar-refractivity contribution >= 4 is 28.7 Å². The van der Waals surface area contributed by atoms with E-state index in [4.69, 9.17) is 0 Å². The van der Waals surface area contributed by atoms with Crippen LogP contribution in [0.1, 0.15) is 11.1 Å². The molecule has 3 amide bonds. The summed E-state index contributed by atoms with van der Waals surface area (Å²) in [6.07, 6.45) is 2.65. The molecular weight excluding hydrogens is 336 g/mol. The van der Waals surface area contributed by atoms with Crippen molar-refractivity contribution in [1.82, 2.24) is 24.6 Å². The molecule has 0 fully saturated rings. The summed E-state index contributed by atoms with van der Waals surface area (Å²) < 4.78 is 2.60. The predicted molar refractivity (Wildman–Crippen MR) is 95.8 cm³/mol. The standard InChI is InChI=1S/C17H18N6O3/c1-10-5-4-6-13(11(10)2)20-17(26)21-14(24)8-23-9-18-15-12(16(23)25)7-19-22(15)3/h4-7,9H,8H2,1-3H3,(H2,20,21,24,26). The summed E-state index contributed by atoms with van der Waals surface area (Å²) in [6.45, 7) is 3.48. The van der Waals surface area contributed by atoms with E-state index in [1.165, 1.54) is 17.2 Å². The Hall–Kier alpha value is -3.49. The highest BCUT2D eigenvalue weighted by Crippen LogP contribution is 2.17. The van der Waals surface area contributed by atoms with Gasteiger partial charge in [-0.25, -0.2) is 9.78 Å². The van der Waals surface area contributed by atoms with Gasteiger partial charge in [-0.3, -0.25) is 24.2 Å². The number of anilines is 1. The zero-order chi connectivity index (χ0) is 18.8. The minimum absolute atomic E-state index is 0.308. The maximum Gasteiger partial charge on any atom is 0.325 e. The fourth-order valence-corrected chi connectivity index (χ4v) is 2.54. The summed E-state index contributed by atoms with van der Waals surface area (Å²) in [5, 5.41) is 9.11. The van der Waals surface area contributed by atoms with Crippen LogP contribution in [0.15, 0.2) is 35.5 Å². The molecule has 0 unspecified atom stereocenters. The van der Waals surface area contributed by atoms with Gasteiger partial charge < -0.3 is 5.32 Å². The number of carbonyl (C=O) groups excluding carboxylic acids is 2. The van der Waals surface area contributed by atoms with Crippen molar-refractivity contribution in [2.75, 3.05) is 5.32 Å². The highest BCUT2D eigenvalue weighted by molar-refractivity contribution is 6.01. The van der Waals surface area contributed by atoms with Crippen LogP contribution in [0.25, 0.3) is 11.0 Å². The molecule has 9 heteroatoms. The minimum atomic E-state index is -0.660. The van der Waals surface area contributed by atoms with Crippen LogP contribution >= 0.6 is 0 Å². The zero-order valence-corrected chi connectivity index (χ0v) is 14.6. The second-order valence-electron chi connectivity index (χ2n) is 5.93. The second-order valence-corrected chi connectivity index (χ2v) is 5.93. The van der Waals surface area contributed by atoms with Gasteiger partial charge in [0.05, 0.1) is 6.20 Å².